The summed E-state index contributed by atoms with van der Waals surface area (Å²) in [5.74, 6) is -0.662. The molecule has 96 valence electrons. The van der Waals surface area contributed by atoms with Crippen molar-refractivity contribution in [3.63, 3.8) is 0 Å². The van der Waals surface area contributed by atoms with E-state index in [2.05, 4.69) is 5.32 Å². The second kappa shape index (κ2) is 5.38. The van der Waals surface area contributed by atoms with Crippen LogP contribution < -0.4 is 5.32 Å². The molecule has 0 atom stereocenters. The summed E-state index contributed by atoms with van der Waals surface area (Å²) in [5, 5.41) is 2.78. The Kier molecular flexibility index (Phi) is 4.37. The molecule has 0 spiro atoms. The first kappa shape index (κ1) is 13.8. The van der Waals surface area contributed by atoms with Crippen LogP contribution in [0.15, 0.2) is 18.2 Å². The second-order valence-electron chi connectivity index (χ2n) is 3.85. The minimum Gasteiger partial charge on any atom is -0.380 e. The Bertz CT molecular complexity index is 369. The number of benzene rings is 1. The van der Waals surface area contributed by atoms with E-state index in [1.54, 1.807) is 0 Å². The molecule has 5 heteroatoms. The van der Waals surface area contributed by atoms with Crippen LogP contribution in [0.3, 0.4) is 0 Å². The van der Waals surface area contributed by atoms with E-state index in [0.29, 0.717) is 0 Å². The third-order valence-electron chi connectivity index (χ3n) is 2.64. The molecule has 0 amide bonds. The maximum atomic E-state index is 13.4. The first-order chi connectivity index (χ1) is 7.88. The standard InChI is InChI=1S/C12H15F4N/c1-3-9(4-2)17-11-7-8(12(14,15)16)5-6-10(11)13/h5-7,9,17H,3-4H2,1-2H3. The van der Waals surface area contributed by atoms with Crippen molar-refractivity contribution in [1.82, 2.24) is 0 Å². The van der Waals surface area contributed by atoms with Crippen molar-refractivity contribution in [2.45, 2.75) is 38.9 Å². The Morgan fingerprint density at radius 1 is 1.18 bits per heavy atom. The van der Waals surface area contributed by atoms with Crippen molar-refractivity contribution in [1.29, 1.82) is 0 Å². The second-order valence-corrected chi connectivity index (χ2v) is 3.85. The van der Waals surface area contributed by atoms with Gasteiger partial charge >= 0.3 is 6.18 Å². The number of alkyl halides is 3. The minimum atomic E-state index is -4.45. The third kappa shape index (κ3) is 3.61. The Hall–Kier alpha value is -1.26. The fraction of sp³-hybridized carbons (Fsp3) is 0.500. The Labute approximate surface area is 97.8 Å². The maximum Gasteiger partial charge on any atom is 0.416 e. The Balaban J connectivity index is 2.98. The fourth-order valence-electron chi connectivity index (χ4n) is 1.52. The van der Waals surface area contributed by atoms with E-state index in [1.165, 1.54) is 0 Å². The molecular weight excluding hydrogens is 234 g/mol. The minimum absolute atomic E-state index is 0.0204. The lowest BCUT2D eigenvalue weighted by Gasteiger charge is -2.18. The van der Waals surface area contributed by atoms with Crippen LogP contribution in [0.5, 0.6) is 0 Å². The highest BCUT2D eigenvalue weighted by Gasteiger charge is 2.31. The van der Waals surface area contributed by atoms with E-state index in [1.807, 2.05) is 13.8 Å². The van der Waals surface area contributed by atoms with Crippen molar-refractivity contribution in [2.75, 3.05) is 5.32 Å². The monoisotopic (exact) mass is 249 g/mol. The van der Waals surface area contributed by atoms with E-state index in [-0.39, 0.29) is 11.7 Å². The molecule has 0 radical (unpaired) electrons. The lowest BCUT2D eigenvalue weighted by Crippen LogP contribution is -2.18. The van der Waals surface area contributed by atoms with Crippen LogP contribution in [-0.4, -0.2) is 6.04 Å². The van der Waals surface area contributed by atoms with Crippen LogP contribution in [-0.2, 0) is 6.18 Å². The topological polar surface area (TPSA) is 12.0 Å². The SMILES string of the molecule is CCC(CC)Nc1cc(C(F)(F)F)ccc1F. The average molecular weight is 249 g/mol. The fourth-order valence-corrected chi connectivity index (χ4v) is 1.52. The molecule has 1 rings (SSSR count). The molecule has 0 aliphatic carbocycles. The summed E-state index contributed by atoms with van der Waals surface area (Å²) in [5.41, 5.74) is -0.930. The third-order valence-corrected chi connectivity index (χ3v) is 2.64. The molecule has 0 heterocycles. The molecule has 1 nitrogen and oxygen atoms in total. The summed E-state index contributed by atoms with van der Waals surface area (Å²) in [6.45, 7) is 3.79. The van der Waals surface area contributed by atoms with E-state index < -0.39 is 17.6 Å². The molecule has 1 N–H and O–H groups in total. The molecule has 0 saturated carbocycles. The predicted molar refractivity (Wildman–Crippen MR) is 59.4 cm³/mol. The zero-order valence-corrected chi connectivity index (χ0v) is 9.74. The van der Waals surface area contributed by atoms with Gasteiger partial charge in [0.15, 0.2) is 0 Å². The van der Waals surface area contributed by atoms with Gasteiger partial charge in [-0.15, -0.1) is 0 Å². The van der Waals surface area contributed by atoms with Gasteiger partial charge in [0.25, 0.3) is 0 Å². The van der Waals surface area contributed by atoms with Gasteiger partial charge in [-0.1, -0.05) is 13.8 Å². The molecule has 0 aromatic heterocycles. The number of nitrogens with one attached hydrogen (secondary N) is 1. The van der Waals surface area contributed by atoms with Gasteiger partial charge in [0.2, 0.25) is 0 Å². The number of halogens is 4. The molecule has 0 bridgehead atoms. The van der Waals surface area contributed by atoms with Crippen molar-refractivity contribution >= 4 is 5.69 Å². The van der Waals surface area contributed by atoms with E-state index in [4.69, 9.17) is 0 Å². The number of hydrogen-bond donors (Lipinski definition) is 1. The van der Waals surface area contributed by atoms with Gasteiger partial charge in [0.1, 0.15) is 5.82 Å². The lowest BCUT2D eigenvalue weighted by molar-refractivity contribution is -0.137. The first-order valence-corrected chi connectivity index (χ1v) is 5.51. The smallest absolute Gasteiger partial charge is 0.380 e. The maximum absolute atomic E-state index is 13.4. The molecule has 0 saturated heterocycles. The van der Waals surface area contributed by atoms with E-state index in [0.717, 1.165) is 31.0 Å². The molecule has 0 unspecified atom stereocenters. The molecule has 0 fully saturated rings. The lowest BCUT2D eigenvalue weighted by atomic mass is 10.1. The van der Waals surface area contributed by atoms with Crippen LogP contribution in [0.2, 0.25) is 0 Å². The van der Waals surface area contributed by atoms with Crippen LogP contribution in [0.1, 0.15) is 32.3 Å². The summed E-state index contributed by atoms with van der Waals surface area (Å²) < 4.78 is 50.7. The van der Waals surface area contributed by atoms with Gasteiger partial charge in [-0.2, -0.15) is 13.2 Å². The predicted octanol–water partition coefficient (Wildman–Crippen LogP) is 4.45. The first-order valence-electron chi connectivity index (χ1n) is 5.51. The van der Waals surface area contributed by atoms with Gasteiger partial charge in [-0.05, 0) is 31.0 Å². The zero-order chi connectivity index (χ0) is 13.1. The number of rotatable bonds is 4. The molecule has 0 aliphatic heterocycles. The number of anilines is 1. The van der Waals surface area contributed by atoms with E-state index >= 15 is 0 Å². The van der Waals surface area contributed by atoms with Crippen molar-refractivity contribution in [3.8, 4) is 0 Å². The average Bonchev–Trinajstić information content (AvgIpc) is 2.26. The molecule has 1 aromatic carbocycles. The zero-order valence-electron chi connectivity index (χ0n) is 9.74. The summed E-state index contributed by atoms with van der Waals surface area (Å²) in [6, 6.07) is 2.38. The highest BCUT2D eigenvalue weighted by Crippen LogP contribution is 2.32. The van der Waals surface area contributed by atoms with Crippen LogP contribution in [0.25, 0.3) is 0 Å². The summed E-state index contributed by atoms with van der Waals surface area (Å²) >= 11 is 0. The summed E-state index contributed by atoms with van der Waals surface area (Å²) in [4.78, 5) is 0. The quantitative estimate of drug-likeness (QED) is 0.777. The molecule has 17 heavy (non-hydrogen) atoms. The highest BCUT2D eigenvalue weighted by atomic mass is 19.4. The normalized spacial score (nSPS) is 11.9. The van der Waals surface area contributed by atoms with Crippen LogP contribution in [0.4, 0.5) is 23.2 Å². The van der Waals surface area contributed by atoms with E-state index in [9.17, 15) is 17.6 Å². The van der Waals surface area contributed by atoms with Gasteiger partial charge in [0.05, 0.1) is 11.3 Å². The van der Waals surface area contributed by atoms with Gasteiger partial charge < -0.3 is 5.32 Å². The van der Waals surface area contributed by atoms with Gasteiger partial charge in [0, 0.05) is 6.04 Å². The van der Waals surface area contributed by atoms with Crippen LogP contribution >= 0.6 is 0 Å². The molecule has 0 aliphatic rings. The van der Waals surface area contributed by atoms with Gasteiger partial charge in [-0.3, -0.25) is 0 Å². The largest absolute Gasteiger partial charge is 0.416 e. The van der Waals surface area contributed by atoms with Crippen LogP contribution in [0, 0.1) is 5.82 Å². The Morgan fingerprint density at radius 3 is 2.24 bits per heavy atom. The molecule has 1 aromatic rings. The van der Waals surface area contributed by atoms with Crippen molar-refractivity contribution in [3.05, 3.63) is 29.6 Å². The van der Waals surface area contributed by atoms with Crippen molar-refractivity contribution < 1.29 is 17.6 Å². The Morgan fingerprint density at radius 2 is 1.76 bits per heavy atom. The highest BCUT2D eigenvalue weighted by molar-refractivity contribution is 5.48. The number of hydrogen-bond acceptors (Lipinski definition) is 1. The van der Waals surface area contributed by atoms with Gasteiger partial charge in [-0.25, -0.2) is 4.39 Å². The van der Waals surface area contributed by atoms with Crippen molar-refractivity contribution in [2.24, 2.45) is 0 Å². The summed E-state index contributed by atoms with van der Waals surface area (Å²) in [6.07, 6.45) is -2.99. The summed E-state index contributed by atoms with van der Waals surface area (Å²) in [7, 11) is 0. The molecular formula is C12H15F4N.